The molecule has 1 fully saturated rings. The van der Waals surface area contributed by atoms with Gasteiger partial charge in [-0.25, -0.2) is 0 Å². The van der Waals surface area contributed by atoms with Crippen LogP contribution in [0.2, 0.25) is 0 Å². The lowest BCUT2D eigenvalue weighted by Gasteiger charge is -2.23. The predicted octanol–water partition coefficient (Wildman–Crippen LogP) is 0.119. The highest BCUT2D eigenvalue weighted by Gasteiger charge is 2.46. The van der Waals surface area contributed by atoms with Gasteiger partial charge in [-0.15, -0.1) is 0 Å². The topological polar surface area (TPSA) is 63.4 Å². The van der Waals surface area contributed by atoms with E-state index >= 15 is 0 Å². The van der Waals surface area contributed by atoms with Crippen molar-refractivity contribution < 1.29 is 9.59 Å². The lowest BCUT2D eigenvalue weighted by molar-refractivity contribution is -0.142. The van der Waals surface area contributed by atoms with Crippen LogP contribution in [0.25, 0.3) is 0 Å². The molecule has 4 heteroatoms. The molecule has 1 unspecified atom stereocenters. The van der Waals surface area contributed by atoms with E-state index in [9.17, 15) is 9.59 Å². The van der Waals surface area contributed by atoms with Gasteiger partial charge in [0, 0.05) is 19.0 Å². The summed E-state index contributed by atoms with van der Waals surface area (Å²) in [7, 11) is 0. The first-order valence-electron chi connectivity index (χ1n) is 4.46. The minimum atomic E-state index is -0.541. The molecule has 1 aliphatic rings. The van der Waals surface area contributed by atoms with E-state index in [4.69, 9.17) is 5.73 Å². The molecule has 0 radical (unpaired) electrons. The summed E-state index contributed by atoms with van der Waals surface area (Å²) in [6.45, 7) is 5.69. The van der Waals surface area contributed by atoms with Gasteiger partial charge in [0.2, 0.25) is 11.8 Å². The molecule has 0 aromatic carbocycles. The molecule has 1 saturated heterocycles. The first-order valence-corrected chi connectivity index (χ1v) is 4.46. The Morgan fingerprint density at radius 1 is 1.54 bits per heavy atom. The number of nitrogens with two attached hydrogens (primary N) is 1. The molecule has 0 aromatic rings. The van der Waals surface area contributed by atoms with E-state index in [2.05, 4.69) is 0 Å². The van der Waals surface area contributed by atoms with Crippen LogP contribution in [0, 0.1) is 5.41 Å². The number of likely N-dealkylation sites (tertiary alicyclic amines) is 1. The van der Waals surface area contributed by atoms with Crippen LogP contribution in [0.3, 0.4) is 0 Å². The van der Waals surface area contributed by atoms with Gasteiger partial charge in [-0.2, -0.15) is 0 Å². The lowest BCUT2D eigenvalue weighted by Crippen LogP contribution is -2.43. The van der Waals surface area contributed by atoms with Gasteiger partial charge in [0.25, 0.3) is 0 Å². The standard InChI is InChI=1S/C9H16N2O2/c1-6(5-10)11-7(12)4-9(2,3)8(11)13/h6H,4-5,10H2,1-3H3. The molecule has 2 N–H and O–H groups in total. The first-order chi connectivity index (χ1) is 5.90. The number of amides is 2. The van der Waals surface area contributed by atoms with E-state index in [0.717, 1.165) is 0 Å². The summed E-state index contributed by atoms with van der Waals surface area (Å²) in [6.07, 6.45) is 0.302. The van der Waals surface area contributed by atoms with Gasteiger partial charge in [0.1, 0.15) is 0 Å². The zero-order valence-electron chi connectivity index (χ0n) is 8.33. The molecule has 0 spiro atoms. The van der Waals surface area contributed by atoms with Crippen LogP contribution in [0.5, 0.6) is 0 Å². The quantitative estimate of drug-likeness (QED) is 0.620. The van der Waals surface area contributed by atoms with E-state index in [0.29, 0.717) is 13.0 Å². The number of nitrogens with zero attached hydrogens (tertiary/aromatic N) is 1. The number of hydrogen-bond acceptors (Lipinski definition) is 3. The molecule has 1 heterocycles. The molecular formula is C9H16N2O2. The number of hydrogen-bond donors (Lipinski definition) is 1. The van der Waals surface area contributed by atoms with Crippen molar-refractivity contribution in [3.05, 3.63) is 0 Å². The van der Waals surface area contributed by atoms with Crippen molar-refractivity contribution >= 4 is 11.8 Å². The van der Waals surface area contributed by atoms with Crippen LogP contribution in [0.15, 0.2) is 0 Å². The summed E-state index contributed by atoms with van der Waals surface area (Å²) in [6, 6.07) is -0.179. The highest BCUT2D eigenvalue weighted by Crippen LogP contribution is 2.32. The molecule has 2 amide bonds. The summed E-state index contributed by atoms with van der Waals surface area (Å²) in [5.41, 5.74) is 4.88. The number of rotatable bonds is 2. The van der Waals surface area contributed by atoms with Crippen molar-refractivity contribution in [1.29, 1.82) is 0 Å². The SMILES string of the molecule is CC(CN)N1C(=O)CC(C)(C)C1=O. The Labute approximate surface area is 78.1 Å². The van der Waals surface area contributed by atoms with Gasteiger partial charge in [0.15, 0.2) is 0 Å². The van der Waals surface area contributed by atoms with Gasteiger partial charge in [0.05, 0.1) is 5.41 Å². The first kappa shape index (κ1) is 10.2. The van der Waals surface area contributed by atoms with E-state index in [1.165, 1.54) is 4.90 Å². The van der Waals surface area contributed by atoms with Crippen molar-refractivity contribution in [2.75, 3.05) is 6.54 Å². The third-order valence-electron chi connectivity index (χ3n) is 2.44. The average molecular weight is 184 g/mol. The van der Waals surface area contributed by atoms with Crippen LogP contribution in [-0.2, 0) is 9.59 Å². The fourth-order valence-corrected chi connectivity index (χ4v) is 1.53. The molecule has 4 nitrogen and oxygen atoms in total. The maximum atomic E-state index is 11.7. The van der Waals surface area contributed by atoms with Gasteiger partial charge >= 0.3 is 0 Å². The lowest BCUT2D eigenvalue weighted by atomic mass is 9.92. The van der Waals surface area contributed by atoms with E-state index in [-0.39, 0.29) is 17.9 Å². The van der Waals surface area contributed by atoms with Gasteiger partial charge < -0.3 is 5.73 Å². The minimum absolute atomic E-state index is 0.101. The van der Waals surface area contributed by atoms with Gasteiger partial charge in [-0.1, -0.05) is 13.8 Å². The van der Waals surface area contributed by atoms with E-state index < -0.39 is 5.41 Å². The Bertz CT molecular complexity index is 248. The predicted molar refractivity (Wildman–Crippen MR) is 48.8 cm³/mol. The zero-order chi connectivity index (χ0) is 10.2. The Morgan fingerprint density at radius 2 is 2.08 bits per heavy atom. The van der Waals surface area contributed by atoms with Crippen molar-refractivity contribution in [2.45, 2.75) is 33.2 Å². The van der Waals surface area contributed by atoms with Crippen LogP contribution < -0.4 is 5.73 Å². The van der Waals surface area contributed by atoms with Crippen molar-refractivity contribution in [2.24, 2.45) is 11.1 Å². The average Bonchev–Trinajstić information content (AvgIpc) is 2.21. The maximum Gasteiger partial charge on any atom is 0.235 e. The van der Waals surface area contributed by atoms with Crippen LogP contribution >= 0.6 is 0 Å². The fourth-order valence-electron chi connectivity index (χ4n) is 1.53. The number of imide groups is 1. The third kappa shape index (κ3) is 1.58. The molecule has 13 heavy (non-hydrogen) atoms. The van der Waals surface area contributed by atoms with Crippen molar-refractivity contribution in [3.8, 4) is 0 Å². The normalized spacial score (nSPS) is 23.8. The minimum Gasteiger partial charge on any atom is -0.328 e. The fraction of sp³-hybridized carbons (Fsp3) is 0.778. The Hall–Kier alpha value is -0.900. The molecule has 0 saturated carbocycles. The Balaban J connectivity index is 2.89. The highest BCUT2D eigenvalue weighted by molar-refractivity contribution is 6.05. The monoisotopic (exact) mass is 184 g/mol. The zero-order valence-corrected chi connectivity index (χ0v) is 8.33. The summed E-state index contributed by atoms with van der Waals surface area (Å²) in [5, 5.41) is 0. The number of carbonyl (C=O) groups is 2. The maximum absolute atomic E-state index is 11.7. The smallest absolute Gasteiger partial charge is 0.235 e. The molecule has 0 aliphatic carbocycles. The van der Waals surface area contributed by atoms with Crippen LogP contribution in [0.4, 0.5) is 0 Å². The molecule has 1 rings (SSSR count). The molecule has 74 valence electrons. The Morgan fingerprint density at radius 3 is 2.38 bits per heavy atom. The van der Waals surface area contributed by atoms with Crippen LogP contribution in [-0.4, -0.2) is 29.3 Å². The van der Waals surface area contributed by atoms with Crippen LogP contribution in [0.1, 0.15) is 27.2 Å². The van der Waals surface area contributed by atoms with E-state index in [1.54, 1.807) is 20.8 Å². The summed E-state index contributed by atoms with van der Waals surface area (Å²) >= 11 is 0. The van der Waals surface area contributed by atoms with Gasteiger partial charge in [-0.3, -0.25) is 14.5 Å². The van der Waals surface area contributed by atoms with Crippen molar-refractivity contribution in [1.82, 2.24) is 4.90 Å². The number of carbonyl (C=O) groups excluding carboxylic acids is 2. The summed E-state index contributed by atoms with van der Waals surface area (Å²) < 4.78 is 0. The van der Waals surface area contributed by atoms with Gasteiger partial charge in [-0.05, 0) is 6.92 Å². The molecule has 0 aromatic heterocycles. The molecule has 1 aliphatic heterocycles. The summed E-state index contributed by atoms with van der Waals surface area (Å²) in [4.78, 5) is 24.4. The third-order valence-corrected chi connectivity index (χ3v) is 2.44. The Kier molecular flexibility index (Phi) is 2.43. The van der Waals surface area contributed by atoms with E-state index in [1.807, 2.05) is 0 Å². The molecule has 0 bridgehead atoms. The second kappa shape index (κ2) is 3.10. The summed E-state index contributed by atoms with van der Waals surface area (Å²) in [5.74, 6) is -0.205. The second-order valence-corrected chi connectivity index (χ2v) is 4.21. The largest absolute Gasteiger partial charge is 0.328 e. The highest BCUT2D eigenvalue weighted by atomic mass is 16.2. The van der Waals surface area contributed by atoms with Crippen molar-refractivity contribution in [3.63, 3.8) is 0 Å². The second-order valence-electron chi connectivity index (χ2n) is 4.21. The molecular weight excluding hydrogens is 168 g/mol. The molecule has 1 atom stereocenters.